The lowest BCUT2D eigenvalue weighted by Crippen LogP contribution is -2.49. The Morgan fingerprint density at radius 2 is 2.38 bits per heavy atom. The minimum absolute atomic E-state index is 0. The van der Waals surface area contributed by atoms with E-state index >= 15 is 0 Å². The Hall–Kier alpha value is -0.260. The third kappa shape index (κ3) is 1.12. The van der Waals surface area contributed by atoms with Crippen LogP contribution in [0.1, 0.15) is 6.92 Å². The summed E-state index contributed by atoms with van der Waals surface area (Å²) >= 11 is 0. The van der Waals surface area contributed by atoms with Gasteiger partial charge in [0, 0.05) is 12.6 Å². The zero-order chi connectivity index (χ0) is 5.28. The summed E-state index contributed by atoms with van der Waals surface area (Å²) in [4.78, 5) is 0. The molecule has 8 heavy (non-hydrogen) atoms. The van der Waals surface area contributed by atoms with Crippen molar-refractivity contribution in [3.63, 3.8) is 0 Å². The van der Waals surface area contributed by atoms with Crippen LogP contribution < -0.4 is 5.32 Å². The third-order valence-corrected chi connectivity index (χ3v) is 1.43. The Labute approximate surface area is 55.3 Å². The van der Waals surface area contributed by atoms with Gasteiger partial charge in [0.15, 0.2) is 0 Å². The second-order valence-electron chi connectivity index (χ2n) is 1.93. The first-order valence-corrected chi connectivity index (χ1v) is 2.47. The second kappa shape index (κ2) is 2.91. The summed E-state index contributed by atoms with van der Waals surface area (Å²) in [5, 5.41) is 11.4. The molecule has 0 aromatic rings. The van der Waals surface area contributed by atoms with Gasteiger partial charge in [0.25, 0.3) is 0 Å². The smallest absolute Gasteiger partial charge is 0.0738 e. The van der Waals surface area contributed by atoms with Crippen molar-refractivity contribution in [3.05, 3.63) is 0 Å². The molecule has 0 aliphatic carbocycles. The lowest BCUT2D eigenvalue weighted by molar-refractivity contribution is 0.315. The molecule has 0 amide bonds. The Bertz CT molecular complexity index is 107. The lowest BCUT2D eigenvalue weighted by Gasteiger charge is -2.29. The van der Waals surface area contributed by atoms with Crippen LogP contribution >= 0.6 is 12.4 Å². The van der Waals surface area contributed by atoms with Crippen molar-refractivity contribution < 1.29 is 0 Å². The van der Waals surface area contributed by atoms with Crippen LogP contribution in [-0.4, -0.2) is 12.6 Å². The molecule has 1 heterocycles. The average Bonchev–Trinajstić information content (AvgIpc) is 1.65. The van der Waals surface area contributed by atoms with Crippen LogP contribution in [0.2, 0.25) is 0 Å². The maximum atomic E-state index is 8.27. The first-order chi connectivity index (χ1) is 3.34. The Morgan fingerprint density at radius 3 is 2.38 bits per heavy atom. The van der Waals surface area contributed by atoms with Gasteiger partial charge in [-0.05, 0) is 6.92 Å². The van der Waals surface area contributed by atoms with E-state index in [1.165, 1.54) is 0 Å². The molecular formula is C5H9ClN2. The number of nitriles is 1. The minimum Gasteiger partial charge on any atom is -0.312 e. The van der Waals surface area contributed by atoms with Crippen molar-refractivity contribution in [2.75, 3.05) is 6.54 Å². The molecule has 0 radical (unpaired) electrons. The van der Waals surface area contributed by atoms with E-state index in [2.05, 4.69) is 11.4 Å². The van der Waals surface area contributed by atoms with Gasteiger partial charge in [-0.25, -0.2) is 0 Å². The average molecular weight is 133 g/mol. The first kappa shape index (κ1) is 7.74. The normalized spacial score (nSPS) is 34.0. The maximum absolute atomic E-state index is 8.27. The monoisotopic (exact) mass is 132 g/mol. The molecule has 1 fully saturated rings. The molecule has 3 heteroatoms. The zero-order valence-electron chi connectivity index (χ0n) is 4.72. The van der Waals surface area contributed by atoms with Crippen molar-refractivity contribution >= 4 is 12.4 Å². The molecule has 1 unspecified atom stereocenters. The first-order valence-electron chi connectivity index (χ1n) is 2.47. The molecule has 0 aromatic heterocycles. The number of hydrogen-bond donors (Lipinski definition) is 1. The molecule has 1 N–H and O–H groups in total. The highest BCUT2D eigenvalue weighted by Gasteiger charge is 2.24. The van der Waals surface area contributed by atoms with Crippen LogP contribution in [0.5, 0.6) is 0 Å². The Morgan fingerprint density at radius 1 is 1.75 bits per heavy atom. The van der Waals surface area contributed by atoms with E-state index in [1.807, 2.05) is 6.92 Å². The number of nitrogens with zero attached hydrogens (tertiary/aromatic N) is 1. The summed E-state index contributed by atoms with van der Waals surface area (Å²) in [5.74, 6) is 0.278. The van der Waals surface area contributed by atoms with E-state index in [4.69, 9.17) is 5.26 Å². The van der Waals surface area contributed by atoms with E-state index in [0.717, 1.165) is 6.54 Å². The predicted octanol–water partition coefficient (Wildman–Crippen LogP) is 0.540. The molecule has 1 aliphatic rings. The van der Waals surface area contributed by atoms with E-state index in [9.17, 15) is 0 Å². The van der Waals surface area contributed by atoms with Gasteiger partial charge >= 0.3 is 0 Å². The largest absolute Gasteiger partial charge is 0.312 e. The predicted molar refractivity (Wildman–Crippen MR) is 33.8 cm³/mol. The fourth-order valence-electron chi connectivity index (χ4n) is 0.629. The molecule has 0 bridgehead atoms. The van der Waals surface area contributed by atoms with Crippen LogP contribution in [0.4, 0.5) is 0 Å². The molecule has 1 rings (SSSR count). The summed E-state index contributed by atoms with van der Waals surface area (Å²) in [6.07, 6.45) is 0. The Balaban J connectivity index is 0.000000490. The molecule has 0 aromatic carbocycles. The fraction of sp³-hybridized carbons (Fsp3) is 0.800. The SMILES string of the molecule is C[C@@H]1NCC1C#N.Cl. The highest BCUT2D eigenvalue weighted by Crippen LogP contribution is 2.09. The minimum atomic E-state index is 0. The van der Waals surface area contributed by atoms with Gasteiger partial charge in [0.2, 0.25) is 0 Å². The lowest BCUT2D eigenvalue weighted by atomic mass is 9.95. The van der Waals surface area contributed by atoms with Gasteiger partial charge in [0.05, 0.1) is 12.0 Å². The molecule has 2 atom stereocenters. The topological polar surface area (TPSA) is 35.8 Å². The number of halogens is 1. The van der Waals surface area contributed by atoms with Crippen LogP contribution in [-0.2, 0) is 0 Å². The highest BCUT2D eigenvalue weighted by molar-refractivity contribution is 5.85. The van der Waals surface area contributed by atoms with Gasteiger partial charge < -0.3 is 5.32 Å². The van der Waals surface area contributed by atoms with Crippen LogP contribution in [0.25, 0.3) is 0 Å². The summed E-state index contributed by atoms with van der Waals surface area (Å²) < 4.78 is 0. The van der Waals surface area contributed by atoms with Crippen molar-refractivity contribution in [2.24, 2.45) is 5.92 Å². The third-order valence-electron chi connectivity index (χ3n) is 1.43. The molecule has 2 nitrogen and oxygen atoms in total. The van der Waals surface area contributed by atoms with Crippen molar-refractivity contribution in [1.29, 1.82) is 5.26 Å². The fourth-order valence-corrected chi connectivity index (χ4v) is 0.629. The summed E-state index contributed by atoms with van der Waals surface area (Å²) in [6, 6.07) is 2.62. The van der Waals surface area contributed by atoms with E-state index in [0.29, 0.717) is 6.04 Å². The van der Waals surface area contributed by atoms with Gasteiger partial charge in [0.1, 0.15) is 0 Å². The molecular weight excluding hydrogens is 124 g/mol. The quantitative estimate of drug-likeness (QED) is 0.522. The molecule has 46 valence electrons. The van der Waals surface area contributed by atoms with Crippen molar-refractivity contribution in [2.45, 2.75) is 13.0 Å². The van der Waals surface area contributed by atoms with Crippen molar-refractivity contribution in [1.82, 2.24) is 5.32 Å². The molecule has 1 aliphatic heterocycles. The highest BCUT2D eigenvalue weighted by atomic mass is 35.5. The molecule has 1 saturated heterocycles. The van der Waals surface area contributed by atoms with E-state index < -0.39 is 0 Å². The Kier molecular flexibility index (Phi) is 2.81. The van der Waals surface area contributed by atoms with Gasteiger partial charge in [-0.15, -0.1) is 12.4 Å². The van der Waals surface area contributed by atoms with Crippen molar-refractivity contribution in [3.8, 4) is 6.07 Å². The standard InChI is InChI=1S/C5H8N2.ClH/c1-4-5(2-6)3-7-4;/h4-5,7H,3H2,1H3;1H/t4-,5?;/m0./s1. The second-order valence-corrected chi connectivity index (χ2v) is 1.93. The maximum Gasteiger partial charge on any atom is 0.0738 e. The van der Waals surface area contributed by atoms with Gasteiger partial charge in [-0.3, -0.25) is 0 Å². The zero-order valence-corrected chi connectivity index (χ0v) is 5.53. The van der Waals surface area contributed by atoms with Gasteiger partial charge in [-0.1, -0.05) is 0 Å². The number of hydrogen-bond acceptors (Lipinski definition) is 2. The summed E-state index contributed by atoms with van der Waals surface area (Å²) in [6.45, 7) is 2.91. The van der Waals surface area contributed by atoms with Crippen LogP contribution in [0, 0.1) is 17.2 Å². The van der Waals surface area contributed by atoms with Crippen LogP contribution in [0.3, 0.4) is 0 Å². The molecule has 0 saturated carbocycles. The van der Waals surface area contributed by atoms with Crippen LogP contribution in [0.15, 0.2) is 0 Å². The van der Waals surface area contributed by atoms with Gasteiger partial charge in [-0.2, -0.15) is 5.26 Å². The number of rotatable bonds is 0. The van der Waals surface area contributed by atoms with E-state index in [1.54, 1.807) is 0 Å². The molecule has 0 spiro atoms. The van der Waals surface area contributed by atoms with E-state index in [-0.39, 0.29) is 18.3 Å². The summed E-state index contributed by atoms with van der Waals surface area (Å²) in [5.41, 5.74) is 0. The summed E-state index contributed by atoms with van der Waals surface area (Å²) in [7, 11) is 0. The number of nitrogens with one attached hydrogen (secondary N) is 1.